The third kappa shape index (κ3) is 1.25. The van der Waals surface area contributed by atoms with E-state index in [2.05, 4.69) is 44.4 Å². The third-order valence-corrected chi connectivity index (χ3v) is 3.78. The van der Waals surface area contributed by atoms with Gasteiger partial charge in [-0.05, 0) is 26.3 Å². The summed E-state index contributed by atoms with van der Waals surface area (Å²) >= 11 is 1.86. The molecule has 2 aromatic rings. The highest BCUT2D eigenvalue weighted by atomic mass is 32.1. The van der Waals surface area contributed by atoms with Crippen LogP contribution >= 0.6 is 11.3 Å². The number of hydrogen-bond acceptors (Lipinski definition) is 1. The van der Waals surface area contributed by atoms with Gasteiger partial charge in [0, 0.05) is 18.6 Å². The number of aromatic nitrogens is 1. The summed E-state index contributed by atoms with van der Waals surface area (Å²) in [5.41, 5.74) is 4.10. The molecule has 13 heavy (non-hydrogen) atoms. The second-order valence-corrected chi connectivity index (χ2v) is 4.83. The van der Waals surface area contributed by atoms with Crippen molar-refractivity contribution in [3.8, 4) is 0 Å². The third-order valence-electron chi connectivity index (χ3n) is 2.65. The summed E-state index contributed by atoms with van der Waals surface area (Å²) in [5, 5.41) is 0. The van der Waals surface area contributed by atoms with Crippen LogP contribution in [0.2, 0.25) is 0 Å². The zero-order valence-electron chi connectivity index (χ0n) is 8.51. The summed E-state index contributed by atoms with van der Waals surface area (Å²) < 4.78 is 2.28. The first-order valence-corrected chi connectivity index (χ1v) is 5.30. The zero-order valence-corrected chi connectivity index (χ0v) is 9.33. The van der Waals surface area contributed by atoms with Crippen molar-refractivity contribution in [3.63, 3.8) is 0 Å². The molecule has 0 aromatic carbocycles. The molecule has 2 heterocycles. The Morgan fingerprint density at radius 2 is 1.77 bits per heavy atom. The first-order valence-electron chi connectivity index (χ1n) is 4.48. The molecule has 2 heteroatoms. The number of nitrogens with zero attached hydrogens (tertiary/aromatic N) is 1. The van der Waals surface area contributed by atoms with Crippen LogP contribution in [0.4, 0.5) is 0 Å². The zero-order chi connectivity index (χ0) is 9.59. The Hall–Kier alpha value is -0.890. The SMILES string of the molecule is Cc1cc2sc(C)c(C)[n+]2cc1C. The second kappa shape index (κ2) is 2.81. The summed E-state index contributed by atoms with van der Waals surface area (Å²) in [6.07, 6.45) is 2.23. The van der Waals surface area contributed by atoms with E-state index in [1.165, 1.54) is 26.5 Å². The molecule has 0 fully saturated rings. The summed E-state index contributed by atoms with van der Waals surface area (Å²) in [5.74, 6) is 0. The van der Waals surface area contributed by atoms with Crippen LogP contribution in [0.1, 0.15) is 21.7 Å². The molecule has 0 N–H and O–H groups in total. The number of thiazole rings is 1. The van der Waals surface area contributed by atoms with Gasteiger partial charge in [-0.15, -0.1) is 0 Å². The van der Waals surface area contributed by atoms with Crippen LogP contribution in [-0.4, -0.2) is 0 Å². The Bertz CT molecular complexity index is 468. The Balaban J connectivity index is 2.89. The van der Waals surface area contributed by atoms with Crippen molar-refractivity contribution in [2.45, 2.75) is 27.7 Å². The molecule has 1 nitrogen and oxygen atoms in total. The number of hydrogen-bond donors (Lipinski definition) is 0. The Kier molecular flexibility index (Phi) is 1.88. The minimum absolute atomic E-state index is 1.35. The van der Waals surface area contributed by atoms with Gasteiger partial charge in [-0.2, -0.15) is 4.40 Å². The van der Waals surface area contributed by atoms with E-state index in [4.69, 9.17) is 0 Å². The van der Waals surface area contributed by atoms with Gasteiger partial charge in [0.2, 0.25) is 0 Å². The fourth-order valence-electron chi connectivity index (χ4n) is 1.47. The van der Waals surface area contributed by atoms with Crippen LogP contribution in [0.15, 0.2) is 12.3 Å². The lowest BCUT2D eigenvalue weighted by atomic mass is 10.2. The maximum atomic E-state index is 2.28. The highest BCUT2D eigenvalue weighted by Gasteiger charge is 2.14. The normalized spacial score (nSPS) is 11.1. The average Bonchev–Trinajstić information content (AvgIpc) is 2.32. The summed E-state index contributed by atoms with van der Waals surface area (Å²) in [4.78, 5) is 2.75. The van der Waals surface area contributed by atoms with Gasteiger partial charge in [-0.3, -0.25) is 0 Å². The summed E-state index contributed by atoms with van der Waals surface area (Å²) in [7, 11) is 0. The van der Waals surface area contributed by atoms with E-state index in [1.54, 1.807) is 0 Å². The van der Waals surface area contributed by atoms with E-state index in [-0.39, 0.29) is 0 Å². The predicted octanol–water partition coefficient (Wildman–Crippen LogP) is 2.72. The lowest BCUT2D eigenvalue weighted by molar-refractivity contribution is -0.516. The Morgan fingerprint density at radius 3 is 2.46 bits per heavy atom. The molecule has 0 radical (unpaired) electrons. The van der Waals surface area contributed by atoms with Crippen molar-refractivity contribution in [3.05, 3.63) is 34.0 Å². The average molecular weight is 192 g/mol. The number of aryl methyl sites for hydroxylation is 4. The molecule has 2 rings (SSSR count). The molecule has 0 amide bonds. The molecular formula is C11H14NS+. The fourth-order valence-corrected chi connectivity index (χ4v) is 2.55. The summed E-state index contributed by atoms with van der Waals surface area (Å²) in [6, 6.07) is 2.26. The van der Waals surface area contributed by atoms with E-state index in [9.17, 15) is 0 Å². The largest absolute Gasteiger partial charge is 0.267 e. The van der Waals surface area contributed by atoms with Gasteiger partial charge in [0.15, 0.2) is 11.9 Å². The molecule has 0 aliphatic heterocycles. The maximum Gasteiger partial charge on any atom is 0.267 e. The van der Waals surface area contributed by atoms with Crippen LogP contribution in [-0.2, 0) is 0 Å². The van der Waals surface area contributed by atoms with Crippen LogP contribution in [0.5, 0.6) is 0 Å². The van der Waals surface area contributed by atoms with Crippen molar-refractivity contribution in [1.82, 2.24) is 0 Å². The molecule has 0 atom stereocenters. The lowest BCUT2D eigenvalue weighted by Crippen LogP contribution is -2.22. The van der Waals surface area contributed by atoms with Crippen LogP contribution < -0.4 is 4.40 Å². The standard InChI is InChI=1S/C11H14NS/c1-7-5-11-12(6-8(7)2)9(3)10(4)13-11/h5-6H,1-4H3/q+1. The van der Waals surface area contributed by atoms with Crippen molar-refractivity contribution >= 4 is 16.2 Å². The molecule has 0 aliphatic carbocycles. The molecule has 0 bridgehead atoms. The minimum atomic E-state index is 1.35. The summed E-state index contributed by atoms with van der Waals surface area (Å²) in [6.45, 7) is 8.68. The number of fused-ring (bicyclic) bond motifs is 1. The smallest absolute Gasteiger partial charge is 0.154 e. The van der Waals surface area contributed by atoms with Gasteiger partial charge in [0.25, 0.3) is 4.83 Å². The first kappa shape index (κ1) is 8.70. The van der Waals surface area contributed by atoms with Crippen molar-refractivity contribution in [2.24, 2.45) is 0 Å². The van der Waals surface area contributed by atoms with Crippen LogP contribution in [0, 0.1) is 27.7 Å². The molecular weight excluding hydrogens is 178 g/mol. The number of rotatable bonds is 0. The quantitative estimate of drug-likeness (QED) is 0.565. The predicted molar refractivity (Wildman–Crippen MR) is 56.4 cm³/mol. The van der Waals surface area contributed by atoms with Crippen LogP contribution in [0.3, 0.4) is 0 Å². The van der Waals surface area contributed by atoms with Gasteiger partial charge in [0.05, 0.1) is 4.88 Å². The van der Waals surface area contributed by atoms with Gasteiger partial charge >= 0.3 is 0 Å². The highest BCUT2D eigenvalue weighted by molar-refractivity contribution is 7.16. The highest BCUT2D eigenvalue weighted by Crippen LogP contribution is 2.18. The van der Waals surface area contributed by atoms with Gasteiger partial charge in [-0.1, -0.05) is 11.3 Å². The molecule has 2 aromatic heterocycles. The van der Waals surface area contributed by atoms with E-state index < -0.39 is 0 Å². The molecule has 68 valence electrons. The van der Waals surface area contributed by atoms with E-state index in [1.807, 2.05) is 11.3 Å². The topological polar surface area (TPSA) is 4.10 Å². The van der Waals surface area contributed by atoms with E-state index in [0.717, 1.165) is 0 Å². The van der Waals surface area contributed by atoms with Crippen molar-refractivity contribution in [1.29, 1.82) is 0 Å². The van der Waals surface area contributed by atoms with E-state index in [0.29, 0.717) is 0 Å². The van der Waals surface area contributed by atoms with Crippen LogP contribution in [0.25, 0.3) is 4.83 Å². The lowest BCUT2D eigenvalue weighted by Gasteiger charge is -1.93. The van der Waals surface area contributed by atoms with Crippen molar-refractivity contribution in [2.75, 3.05) is 0 Å². The molecule has 0 saturated carbocycles. The molecule has 0 aliphatic rings. The fraction of sp³-hybridized carbons (Fsp3) is 0.364. The molecule has 0 saturated heterocycles. The number of pyridine rings is 1. The van der Waals surface area contributed by atoms with Gasteiger partial charge in [-0.25, -0.2) is 0 Å². The van der Waals surface area contributed by atoms with Crippen molar-refractivity contribution < 1.29 is 4.40 Å². The molecule has 0 unspecified atom stereocenters. The minimum Gasteiger partial charge on any atom is -0.154 e. The maximum absolute atomic E-state index is 2.28. The monoisotopic (exact) mass is 192 g/mol. The first-order chi connectivity index (χ1) is 6.09. The van der Waals surface area contributed by atoms with Gasteiger partial charge in [0.1, 0.15) is 0 Å². The van der Waals surface area contributed by atoms with Gasteiger partial charge < -0.3 is 0 Å². The second-order valence-electron chi connectivity index (χ2n) is 3.59. The molecule has 0 spiro atoms. The van der Waals surface area contributed by atoms with E-state index >= 15 is 0 Å². The Morgan fingerprint density at radius 1 is 1.08 bits per heavy atom. The Labute approximate surface area is 82.7 Å².